The Labute approximate surface area is 92.9 Å². The van der Waals surface area contributed by atoms with E-state index in [9.17, 15) is 0 Å². The summed E-state index contributed by atoms with van der Waals surface area (Å²) in [5.41, 5.74) is 2.84. The van der Waals surface area contributed by atoms with Crippen molar-refractivity contribution >= 4 is 0 Å². The molecule has 1 aliphatic rings. The second-order valence-corrected chi connectivity index (χ2v) is 4.62. The summed E-state index contributed by atoms with van der Waals surface area (Å²) in [5.74, 6) is 0. The van der Waals surface area contributed by atoms with Crippen LogP contribution in [0.15, 0.2) is 24.3 Å². The zero-order valence-electron chi connectivity index (χ0n) is 9.63. The quantitative estimate of drug-likeness (QED) is 0.735. The van der Waals surface area contributed by atoms with Gasteiger partial charge in [-0.3, -0.25) is 0 Å². The van der Waals surface area contributed by atoms with E-state index in [1.54, 1.807) is 0 Å². The molecular weight excluding hydrogens is 182 g/mol. The average molecular weight is 203 g/mol. The molecule has 1 heterocycles. The van der Waals surface area contributed by atoms with E-state index in [1.165, 1.54) is 49.8 Å². The van der Waals surface area contributed by atoms with Gasteiger partial charge in [0.1, 0.15) is 0 Å². The maximum atomic E-state index is 3.67. The molecule has 1 heteroatoms. The summed E-state index contributed by atoms with van der Waals surface area (Å²) in [6.07, 6.45) is 6.80. The summed E-state index contributed by atoms with van der Waals surface area (Å²) >= 11 is 0. The molecule has 0 amide bonds. The molecular formula is C14H21N. The Morgan fingerprint density at radius 2 is 2.00 bits per heavy atom. The van der Waals surface area contributed by atoms with Gasteiger partial charge < -0.3 is 5.32 Å². The van der Waals surface area contributed by atoms with Gasteiger partial charge >= 0.3 is 0 Å². The summed E-state index contributed by atoms with van der Waals surface area (Å²) in [6.45, 7) is 3.35. The van der Waals surface area contributed by atoms with Gasteiger partial charge in [-0.2, -0.15) is 0 Å². The summed E-state index contributed by atoms with van der Waals surface area (Å²) in [7, 11) is 0. The molecule has 0 aliphatic carbocycles. The number of aryl methyl sites for hydroxylation is 1. The molecule has 0 saturated carbocycles. The van der Waals surface area contributed by atoms with Crippen molar-refractivity contribution in [1.29, 1.82) is 0 Å². The van der Waals surface area contributed by atoms with Crippen molar-refractivity contribution in [2.24, 2.45) is 0 Å². The van der Waals surface area contributed by atoms with Crippen LogP contribution in [-0.2, 0) is 0 Å². The summed E-state index contributed by atoms with van der Waals surface area (Å²) < 4.78 is 0. The lowest BCUT2D eigenvalue weighted by Gasteiger charge is -2.22. The van der Waals surface area contributed by atoms with Crippen LogP contribution in [0.2, 0.25) is 0 Å². The van der Waals surface area contributed by atoms with Crippen molar-refractivity contribution in [3.8, 4) is 0 Å². The molecule has 0 bridgehead atoms. The molecule has 1 nitrogen and oxygen atoms in total. The Morgan fingerprint density at radius 3 is 2.87 bits per heavy atom. The first-order chi connectivity index (χ1) is 7.36. The number of hydrogen-bond acceptors (Lipinski definition) is 1. The maximum Gasteiger partial charge on any atom is 0.0320 e. The van der Waals surface area contributed by atoms with Crippen LogP contribution in [0.3, 0.4) is 0 Å². The van der Waals surface area contributed by atoms with Gasteiger partial charge in [0, 0.05) is 6.04 Å². The van der Waals surface area contributed by atoms with Gasteiger partial charge in [0.15, 0.2) is 0 Å². The first-order valence-corrected chi connectivity index (χ1v) is 6.16. The van der Waals surface area contributed by atoms with Gasteiger partial charge in [0.2, 0.25) is 0 Å². The number of nitrogens with one attached hydrogen (secondary N) is 1. The van der Waals surface area contributed by atoms with Gasteiger partial charge in [-0.25, -0.2) is 0 Å². The molecule has 1 atom stereocenters. The fourth-order valence-corrected chi connectivity index (χ4v) is 2.38. The minimum absolute atomic E-state index is 0.588. The van der Waals surface area contributed by atoms with E-state index in [0.29, 0.717) is 6.04 Å². The van der Waals surface area contributed by atoms with Crippen molar-refractivity contribution in [1.82, 2.24) is 5.32 Å². The smallest absolute Gasteiger partial charge is 0.0320 e. The SMILES string of the molecule is Cc1cccc(C2CCCCCCN2)c1. The van der Waals surface area contributed by atoms with E-state index >= 15 is 0 Å². The molecule has 0 aromatic heterocycles. The summed E-state index contributed by atoms with van der Waals surface area (Å²) in [4.78, 5) is 0. The fraction of sp³-hybridized carbons (Fsp3) is 0.571. The van der Waals surface area contributed by atoms with Crippen LogP contribution in [0.25, 0.3) is 0 Å². The van der Waals surface area contributed by atoms with Crippen molar-refractivity contribution in [2.75, 3.05) is 6.54 Å². The van der Waals surface area contributed by atoms with Crippen LogP contribution in [0, 0.1) is 6.92 Å². The molecule has 82 valence electrons. The van der Waals surface area contributed by atoms with E-state index in [-0.39, 0.29) is 0 Å². The van der Waals surface area contributed by atoms with E-state index in [4.69, 9.17) is 0 Å². The Morgan fingerprint density at radius 1 is 1.13 bits per heavy atom. The minimum atomic E-state index is 0.588. The van der Waals surface area contributed by atoms with Crippen LogP contribution in [0.1, 0.15) is 49.3 Å². The monoisotopic (exact) mass is 203 g/mol. The van der Waals surface area contributed by atoms with Crippen LogP contribution < -0.4 is 5.32 Å². The normalized spacial score (nSPS) is 23.1. The van der Waals surface area contributed by atoms with E-state index < -0.39 is 0 Å². The highest BCUT2D eigenvalue weighted by Gasteiger charge is 2.12. The molecule has 1 unspecified atom stereocenters. The van der Waals surface area contributed by atoms with Gasteiger partial charge in [-0.05, 0) is 31.9 Å². The molecule has 1 fully saturated rings. The molecule has 1 aromatic carbocycles. The summed E-state index contributed by atoms with van der Waals surface area (Å²) in [6, 6.07) is 9.51. The van der Waals surface area contributed by atoms with Gasteiger partial charge in [0.05, 0.1) is 0 Å². The topological polar surface area (TPSA) is 12.0 Å². The molecule has 1 saturated heterocycles. The fourth-order valence-electron chi connectivity index (χ4n) is 2.38. The lowest BCUT2D eigenvalue weighted by atomic mass is 9.97. The molecule has 0 radical (unpaired) electrons. The van der Waals surface area contributed by atoms with Gasteiger partial charge in [-0.15, -0.1) is 0 Å². The lowest BCUT2D eigenvalue weighted by Crippen LogP contribution is -2.24. The van der Waals surface area contributed by atoms with Crippen LogP contribution >= 0.6 is 0 Å². The first-order valence-electron chi connectivity index (χ1n) is 6.16. The van der Waals surface area contributed by atoms with Crippen molar-refractivity contribution in [3.63, 3.8) is 0 Å². The van der Waals surface area contributed by atoms with Crippen LogP contribution in [0.4, 0.5) is 0 Å². The summed E-state index contributed by atoms with van der Waals surface area (Å²) in [5, 5.41) is 3.67. The predicted molar refractivity (Wildman–Crippen MR) is 65.0 cm³/mol. The predicted octanol–water partition coefficient (Wildman–Crippen LogP) is 3.59. The van der Waals surface area contributed by atoms with Gasteiger partial charge in [-0.1, -0.05) is 49.1 Å². The Bertz CT molecular complexity index is 298. The molecule has 1 aromatic rings. The highest BCUT2D eigenvalue weighted by Crippen LogP contribution is 2.22. The second-order valence-electron chi connectivity index (χ2n) is 4.62. The Kier molecular flexibility index (Phi) is 3.79. The molecule has 1 aliphatic heterocycles. The molecule has 0 spiro atoms. The standard InChI is InChI=1S/C14H21N/c1-12-7-6-8-13(11-12)14-9-4-2-3-5-10-15-14/h6-8,11,14-15H,2-5,9-10H2,1H3. The Hall–Kier alpha value is -0.820. The third-order valence-corrected chi connectivity index (χ3v) is 3.25. The van der Waals surface area contributed by atoms with Crippen molar-refractivity contribution in [3.05, 3.63) is 35.4 Å². The highest BCUT2D eigenvalue weighted by molar-refractivity contribution is 5.25. The number of rotatable bonds is 1. The minimum Gasteiger partial charge on any atom is -0.310 e. The van der Waals surface area contributed by atoms with Crippen molar-refractivity contribution in [2.45, 2.75) is 45.1 Å². The largest absolute Gasteiger partial charge is 0.310 e. The highest BCUT2D eigenvalue weighted by atomic mass is 14.9. The Balaban J connectivity index is 2.06. The average Bonchev–Trinajstić information content (AvgIpc) is 2.16. The molecule has 2 rings (SSSR count). The number of benzene rings is 1. The van der Waals surface area contributed by atoms with E-state index in [2.05, 4.69) is 36.5 Å². The van der Waals surface area contributed by atoms with E-state index in [0.717, 1.165) is 0 Å². The van der Waals surface area contributed by atoms with Gasteiger partial charge in [0.25, 0.3) is 0 Å². The molecule has 15 heavy (non-hydrogen) atoms. The molecule has 1 N–H and O–H groups in total. The van der Waals surface area contributed by atoms with Crippen LogP contribution in [0.5, 0.6) is 0 Å². The number of hydrogen-bond donors (Lipinski definition) is 1. The lowest BCUT2D eigenvalue weighted by molar-refractivity contribution is 0.427. The zero-order chi connectivity index (χ0) is 10.5. The first kappa shape index (κ1) is 10.7. The third-order valence-electron chi connectivity index (χ3n) is 3.25. The van der Waals surface area contributed by atoms with E-state index in [1.807, 2.05) is 0 Å². The zero-order valence-corrected chi connectivity index (χ0v) is 9.63. The maximum absolute atomic E-state index is 3.67. The van der Waals surface area contributed by atoms with Crippen molar-refractivity contribution < 1.29 is 0 Å². The second kappa shape index (κ2) is 5.32. The third kappa shape index (κ3) is 3.07. The van der Waals surface area contributed by atoms with Crippen LogP contribution in [-0.4, -0.2) is 6.54 Å².